The van der Waals surface area contributed by atoms with E-state index in [1.807, 2.05) is 4.90 Å². The maximum Gasteiger partial charge on any atom is 0.258 e. The number of hydrogen-bond donors (Lipinski definition) is 3. The molecule has 0 aliphatic carbocycles. The molecule has 8 nitrogen and oxygen atoms in total. The first-order valence-electron chi connectivity index (χ1n) is 9.76. The summed E-state index contributed by atoms with van der Waals surface area (Å²) in [6, 6.07) is 4.65. The van der Waals surface area contributed by atoms with Gasteiger partial charge in [-0.3, -0.25) is 19.4 Å². The molecule has 3 heterocycles. The van der Waals surface area contributed by atoms with E-state index in [9.17, 15) is 14.4 Å². The minimum Gasteiger partial charge on any atom is -0.342 e. The summed E-state index contributed by atoms with van der Waals surface area (Å²) in [5.41, 5.74) is 0.0588. The van der Waals surface area contributed by atoms with Crippen LogP contribution in [0.5, 0.6) is 0 Å². The fraction of sp³-hybridized carbons (Fsp3) is 0.400. The Balaban J connectivity index is 1.65. The van der Waals surface area contributed by atoms with E-state index in [0.29, 0.717) is 22.6 Å². The predicted molar refractivity (Wildman–Crippen MR) is 117 cm³/mol. The van der Waals surface area contributed by atoms with Gasteiger partial charge in [-0.1, -0.05) is 30.1 Å². The van der Waals surface area contributed by atoms with Crippen molar-refractivity contribution in [3.8, 4) is 0 Å². The van der Waals surface area contributed by atoms with Gasteiger partial charge in [0.15, 0.2) is 0 Å². The highest BCUT2D eigenvalue weighted by Crippen LogP contribution is 2.32. The molecular formula is C20H21Cl2N5O3. The van der Waals surface area contributed by atoms with Crippen LogP contribution in [-0.2, 0) is 9.59 Å². The molecule has 2 aliphatic heterocycles. The number of fused-ring (bicyclic) bond motifs is 1. The molecule has 1 aromatic heterocycles. The van der Waals surface area contributed by atoms with Gasteiger partial charge in [0.25, 0.3) is 5.56 Å². The fourth-order valence-electron chi connectivity index (χ4n) is 3.93. The molecule has 0 saturated carbocycles. The summed E-state index contributed by atoms with van der Waals surface area (Å²) in [6.07, 6.45) is 1.97. The van der Waals surface area contributed by atoms with Crippen molar-refractivity contribution in [3.63, 3.8) is 0 Å². The number of nitrogens with zero attached hydrogens (tertiary/aromatic N) is 2. The minimum absolute atomic E-state index is 0.130. The lowest BCUT2D eigenvalue weighted by Gasteiger charge is -2.32. The molecule has 2 aliphatic rings. The standard InChI is InChI=1S/C20H21Cl2N5O3/c1-10-3-2-6-27(9-10)20-25-17-16(19(30)26-20)12(8-15(28)24-17)18(29)23-14-5-4-11(21)7-13(14)22/h4-5,7,10,12H,2-3,6,8-9H2,1H3,(H,23,29)(H2,24,25,26,28,30)/t10-,12+/m1/s1. The Morgan fingerprint density at radius 3 is 2.83 bits per heavy atom. The number of benzene rings is 1. The Morgan fingerprint density at radius 1 is 1.30 bits per heavy atom. The summed E-state index contributed by atoms with van der Waals surface area (Å²) in [5, 5.41) is 6.01. The van der Waals surface area contributed by atoms with E-state index in [4.69, 9.17) is 23.2 Å². The van der Waals surface area contributed by atoms with Crippen molar-refractivity contribution < 1.29 is 9.59 Å². The Morgan fingerprint density at radius 2 is 2.10 bits per heavy atom. The number of carbonyl (C=O) groups excluding carboxylic acids is 2. The average Bonchev–Trinajstić information content (AvgIpc) is 2.69. The van der Waals surface area contributed by atoms with Crippen LogP contribution in [0.2, 0.25) is 10.0 Å². The Kier molecular flexibility index (Phi) is 5.71. The van der Waals surface area contributed by atoms with Crippen molar-refractivity contribution >= 4 is 52.5 Å². The van der Waals surface area contributed by atoms with E-state index >= 15 is 0 Å². The topological polar surface area (TPSA) is 107 Å². The number of anilines is 3. The van der Waals surface area contributed by atoms with Gasteiger partial charge in [-0.25, -0.2) is 0 Å². The van der Waals surface area contributed by atoms with Crippen LogP contribution in [0.25, 0.3) is 0 Å². The third kappa shape index (κ3) is 4.15. The van der Waals surface area contributed by atoms with Gasteiger partial charge in [0.2, 0.25) is 17.8 Å². The van der Waals surface area contributed by atoms with Gasteiger partial charge in [0.1, 0.15) is 5.82 Å². The van der Waals surface area contributed by atoms with Crippen LogP contribution in [-0.4, -0.2) is 34.9 Å². The third-order valence-corrected chi connectivity index (χ3v) is 5.95. The van der Waals surface area contributed by atoms with Gasteiger partial charge in [0, 0.05) is 24.5 Å². The molecule has 0 bridgehead atoms. The van der Waals surface area contributed by atoms with Crippen molar-refractivity contribution in [2.75, 3.05) is 28.6 Å². The Bertz CT molecular complexity index is 1070. The van der Waals surface area contributed by atoms with Crippen molar-refractivity contribution in [2.24, 2.45) is 5.92 Å². The summed E-state index contributed by atoms with van der Waals surface area (Å²) >= 11 is 12.0. The molecular weight excluding hydrogens is 429 g/mol. The SMILES string of the molecule is C[C@@H]1CCCN(c2nc3c(c(=O)[nH]2)[C@@H](C(=O)Nc2ccc(Cl)cc2Cl)CC(=O)N3)C1. The Hall–Kier alpha value is -2.58. The summed E-state index contributed by atoms with van der Waals surface area (Å²) in [6.45, 7) is 3.69. The van der Waals surface area contributed by atoms with Crippen molar-refractivity contribution in [1.82, 2.24) is 9.97 Å². The number of hydrogen-bond acceptors (Lipinski definition) is 5. The normalized spacial score (nSPS) is 21.0. The molecule has 0 unspecified atom stereocenters. The average molecular weight is 450 g/mol. The van der Waals surface area contributed by atoms with E-state index in [-0.39, 0.29) is 28.7 Å². The zero-order chi connectivity index (χ0) is 21.4. The Labute approximate surface area is 183 Å². The van der Waals surface area contributed by atoms with E-state index < -0.39 is 17.4 Å². The fourth-order valence-corrected chi connectivity index (χ4v) is 4.38. The van der Waals surface area contributed by atoms with Crippen LogP contribution in [0.15, 0.2) is 23.0 Å². The highest BCUT2D eigenvalue weighted by Gasteiger charge is 2.35. The number of aromatic nitrogens is 2. The minimum atomic E-state index is -0.980. The molecule has 4 rings (SSSR count). The number of amides is 2. The van der Waals surface area contributed by atoms with Crippen molar-refractivity contribution in [1.29, 1.82) is 0 Å². The van der Waals surface area contributed by atoms with E-state index in [1.54, 1.807) is 12.1 Å². The molecule has 1 saturated heterocycles. The lowest BCUT2D eigenvalue weighted by Crippen LogP contribution is -2.40. The molecule has 0 radical (unpaired) electrons. The zero-order valence-electron chi connectivity index (χ0n) is 16.3. The largest absolute Gasteiger partial charge is 0.342 e. The molecule has 2 amide bonds. The van der Waals surface area contributed by atoms with E-state index in [1.165, 1.54) is 6.07 Å². The van der Waals surface area contributed by atoms with Crippen LogP contribution < -0.4 is 21.1 Å². The van der Waals surface area contributed by atoms with Crippen molar-refractivity contribution in [3.05, 3.63) is 44.2 Å². The van der Waals surface area contributed by atoms with Gasteiger partial charge in [-0.15, -0.1) is 0 Å². The van der Waals surface area contributed by atoms with Gasteiger partial charge in [0.05, 0.1) is 22.2 Å². The van der Waals surface area contributed by atoms with Crippen molar-refractivity contribution in [2.45, 2.75) is 32.1 Å². The number of halogens is 2. The molecule has 30 heavy (non-hydrogen) atoms. The number of aromatic amines is 1. The van der Waals surface area contributed by atoms with Crippen LogP contribution in [0.3, 0.4) is 0 Å². The first-order chi connectivity index (χ1) is 14.3. The second-order valence-corrected chi connectivity index (χ2v) is 8.61. The quantitative estimate of drug-likeness (QED) is 0.665. The third-order valence-electron chi connectivity index (χ3n) is 5.40. The van der Waals surface area contributed by atoms with Crippen LogP contribution >= 0.6 is 23.2 Å². The first kappa shape index (κ1) is 20.7. The molecule has 1 aromatic carbocycles. The smallest absolute Gasteiger partial charge is 0.258 e. The summed E-state index contributed by atoms with van der Waals surface area (Å²) in [7, 11) is 0. The first-order valence-corrected chi connectivity index (χ1v) is 10.5. The second-order valence-electron chi connectivity index (χ2n) is 7.76. The van der Waals surface area contributed by atoms with Gasteiger partial charge in [-0.2, -0.15) is 4.98 Å². The number of H-pyrrole nitrogens is 1. The highest BCUT2D eigenvalue weighted by atomic mass is 35.5. The summed E-state index contributed by atoms with van der Waals surface area (Å²) in [4.78, 5) is 47.3. The highest BCUT2D eigenvalue weighted by molar-refractivity contribution is 6.36. The van der Waals surface area contributed by atoms with Crippen LogP contribution in [0, 0.1) is 5.92 Å². The maximum absolute atomic E-state index is 12.9. The maximum atomic E-state index is 12.9. The van der Waals surface area contributed by atoms with Gasteiger partial charge in [-0.05, 0) is 37.0 Å². The molecule has 0 spiro atoms. The number of rotatable bonds is 3. The molecule has 1 fully saturated rings. The lowest BCUT2D eigenvalue weighted by molar-refractivity contribution is -0.123. The van der Waals surface area contributed by atoms with Crippen LogP contribution in [0.1, 0.15) is 37.7 Å². The molecule has 2 atom stereocenters. The molecule has 3 N–H and O–H groups in total. The zero-order valence-corrected chi connectivity index (χ0v) is 17.8. The number of nitrogens with one attached hydrogen (secondary N) is 3. The van der Waals surface area contributed by atoms with E-state index in [0.717, 1.165) is 25.9 Å². The summed E-state index contributed by atoms with van der Waals surface area (Å²) in [5.74, 6) is -0.843. The van der Waals surface area contributed by atoms with Crippen LogP contribution in [0.4, 0.5) is 17.5 Å². The molecule has 10 heteroatoms. The van der Waals surface area contributed by atoms with Gasteiger partial charge < -0.3 is 15.5 Å². The number of carbonyl (C=O) groups is 2. The predicted octanol–water partition coefficient (Wildman–Crippen LogP) is 3.38. The monoisotopic (exact) mass is 449 g/mol. The van der Waals surface area contributed by atoms with E-state index in [2.05, 4.69) is 27.5 Å². The van der Waals surface area contributed by atoms with Gasteiger partial charge >= 0.3 is 0 Å². The molecule has 2 aromatic rings. The molecule has 158 valence electrons. The number of piperidine rings is 1. The lowest BCUT2D eigenvalue weighted by atomic mass is 9.92. The summed E-state index contributed by atoms with van der Waals surface area (Å²) < 4.78 is 0. The second kappa shape index (κ2) is 8.28.